The highest BCUT2D eigenvalue weighted by atomic mass is 35.5. The Hall–Kier alpha value is -2.16. The number of nitrogens with one attached hydrogen (secondary N) is 2. The van der Waals surface area contributed by atoms with Gasteiger partial charge in [-0.1, -0.05) is 11.6 Å². The lowest BCUT2D eigenvalue weighted by Crippen LogP contribution is -2.31. The van der Waals surface area contributed by atoms with Crippen molar-refractivity contribution in [2.75, 3.05) is 20.2 Å². The number of aryl methyl sites for hydroxylation is 1. The Morgan fingerprint density at radius 2 is 2.12 bits per heavy atom. The molecule has 0 atom stereocenters. The molecule has 0 saturated heterocycles. The maximum atomic E-state index is 11.9. The summed E-state index contributed by atoms with van der Waals surface area (Å²) in [6, 6.07) is 7.21. The lowest BCUT2D eigenvalue weighted by molar-refractivity contribution is -0.117. The van der Waals surface area contributed by atoms with Crippen LogP contribution < -0.4 is 21.3 Å². The van der Waals surface area contributed by atoms with Gasteiger partial charge in [-0.3, -0.25) is 14.6 Å². The average Bonchev–Trinajstić information content (AvgIpc) is 2.52. The number of methoxy groups -OCH3 is 1. The van der Waals surface area contributed by atoms with Crippen LogP contribution in [0.2, 0.25) is 0 Å². The third-order valence-corrected chi connectivity index (χ3v) is 3.80. The van der Waals surface area contributed by atoms with Crippen molar-refractivity contribution in [3.63, 3.8) is 0 Å². The van der Waals surface area contributed by atoms with Crippen molar-refractivity contribution in [3.05, 3.63) is 45.0 Å². The van der Waals surface area contributed by atoms with Crippen molar-refractivity contribution >= 4 is 30.5 Å². The van der Waals surface area contributed by atoms with Crippen LogP contribution >= 0.6 is 24.6 Å². The number of carbonyl (C=O) groups excluding carboxylic acids is 1. The second kappa shape index (κ2) is 9.36. The number of hydrogen-bond acceptors (Lipinski definition) is 5. The first-order valence-electron chi connectivity index (χ1n) is 7.40. The minimum atomic E-state index is -0.430. The molecule has 0 radical (unpaired) electrons. The molecular weight excluding hydrogens is 364 g/mol. The zero-order valence-electron chi connectivity index (χ0n) is 14.0. The van der Waals surface area contributed by atoms with Crippen LogP contribution in [0.5, 0.6) is 5.75 Å². The van der Waals surface area contributed by atoms with Crippen LogP contribution in [-0.4, -0.2) is 35.7 Å². The Morgan fingerprint density at radius 3 is 2.76 bits per heavy atom. The first-order valence-corrected chi connectivity index (χ1v) is 7.81. The molecule has 0 aliphatic carbocycles. The molecule has 7 nitrogen and oxygen atoms in total. The number of aromatic amines is 1. The standard InChI is InChI=1S/C16H20N4O3S.ClH/c1-10-3-4-13(23-2)11(7-10)12-8-15(22)19-16(24)20(12)6-5-18-9-14(17)21;/h3-4,7-8,18H,5-6,9H2,1-2H3,(H2,17,21)(H,19,22,24);1H. The third kappa shape index (κ3) is 5.42. The summed E-state index contributed by atoms with van der Waals surface area (Å²) < 4.78 is 7.51. The van der Waals surface area contributed by atoms with E-state index in [0.717, 1.165) is 11.1 Å². The van der Waals surface area contributed by atoms with Gasteiger partial charge in [0.2, 0.25) is 5.91 Å². The molecule has 1 heterocycles. The summed E-state index contributed by atoms with van der Waals surface area (Å²) >= 11 is 5.29. The molecule has 25 heavy (non-hydrogen) atoms. The Labute approximate surface area is 156 Å². The number of nitrogens with two attached hydrogens (primary N) is 1. The number of aromatic nitrogens is 2. The molecule has 0 bridgehead atoms. The summed E-state index contributed by atoms with van der Waals surface area (Å²) in [5.74, 6) is 0.222. The summed E-state index contributed by atoms with van der Waals surface area (Å²) in [6.07, 6.45) is 0. The monoisotopic (exact) mass is 384 g/mol. The van der Waals surface area contributed by atoms with Gasteiger partial charge in [0, 0.05) is 24.7 Å². The van der Waals surface area contributed by atoms with Gasteiger partial charge < -0.3 is 20.4 Å². The van der Waals surface area contributed by atoms with E-state index in [1.54, 1.807) is 11.7 Å². The minimum absolute atomic E-state index is 0. The van der Waals surface area contributed by atoms with E-state index in [0.29, 0.717) is 29.3 Å². The number of rotatable bonds is 7. The highest BCUT2D eigenvalue weighted by Gasteiger charge is 2.12. The summed E-state index contributed by atoms with van der Waals surface area (Å²) in [7, 11) is 1.58. The molecule has 2 rings (SSSR count). The van der Waals surface area contributed by atoms with Crippen LogP contribution in [0, 0.1) is 11.7 Å². The van der Waals surface area contributed by atoms with Crippen LogP contribution in [0.3, 0.4) is 0 Å². The molecule has 136 valence electrons. The van der Waals surface area contributed by atoms with Crippen LogP contribution in [0.25, 0.3) is 11.3 Å². The maximum absolute atomic E-state index is 11.9. The zero-order chi connectivity index (χ0) is 17.7. The second-order valence-corrected chi connectivity index (χ2v) is 5.71. The molecule has 9 heteroatoms. The maximum Gasteiger partial charge on any atom is 0.252 e. The number of benzene rings is 1. The van der Waals surface area contributed by atoms with Gasteiger partial charge >= 0.3 is 0 Å². The smallest absolute Gasteiger partial charge is 0.252 e. The molecule has 0 unspecified atom stereocenters. The quantitative estimate of drug-likeness (QED) is 0.494. The minimum Gasteiger partial charge on any atom is -0.496 e. The largest absolute Gasteiger partial charge is 0.496 e. The number of halogens is 1. The van der Waals surface area contributed by atoms with E-state index in [-0.39, 0.29) is 24.5 Å². The predicted molar refractivity (Wildman–Crippen MR) is 102 cm³/mol. The van der Waals surface area contributed by atoms with E-state index in [4.69, 9.17) is 22.7 Å². The fraction of sp³-hybridized carbons (Fsp3) is 0.312. The van der Waals surface area contributed by atoms with Crippen molar-refractivity contribution < 1.29 is 9.53 Å². The highest BCUT2D eigenvalue weighted by Crippen LogP contribution is 2.30. The predicted octanol–water partition coefficient (Wildman–Crippen LogP) is 1.39. The number of primary amides is 1. The second-order valence-electron chi connectivity index (χ2n) is 5.32. The number of ether oxygens (including phenoxy) is 1. The van der Waals surface area contributed by atoms with E-state index in [9.17, 15) is 9.59 Å². The fourth-order valence-electron chi connectivity index (χ4n) is 2.39. The zero-order valence-corrected chi connectivity index (χ0v) is 15.6. The molecule has 2 aromatic rings. The van der Waals surface area contributed by atoms with Gasteiger partial charge in [-0.25, -0.2) is 0 Å². The number of H-pyrrole nitrogens is 1. The van der Waals surface area contributed by atoms with Gasteiger partial charge in [-0.15, -0.1) is 12.4 Å². The molecular formula is C16H21ClN4O3S. The number of hydrogen-bond donors (Lipinski definition) is 3. The first kappa shape index (κ1) is 20.9. The molecule has 4 N–H and O–H groups in total. The van der Waals surface area contributed by atoms with Crippen LogP contribution in [0.4, 0.5) is 0 Å². The molecule has 0 spiro atoms. The molecule has 1 aromatic carbocycles. The van der Waals surface area contributed by atoms with E-state index < -0.39 is 5.91 Å². The van der Waals surface area contributed by atoms with Gasteiger partial charge in [-0.05, 0) is 31.3 Å². The summed E-state index contributed by atoms with van der Waals surface area (Å²) in [4.78, 5) is 25.3. The van der Waals surface area contributed by atoms with E-state index >= 15 is 0 Å². The fourth-order valence-corrected chi connectivity index (χ4v) is 2.68. The van der Waals surface area contributed by atoms with Gasteiger partial charge in [0.05, 0.1) is 19.3 Å². The van der Waals surface area contributed by atoms with Crippen molar-refractivity contribution in [1.29, 1.82) is 0 Å². The summed E-state index contributed by atoms with van der Waals surface area (Å²) in [5, 5.41) is 2.93. The average molecular weight is 385 g/mol. The first-order chi connectivity index (χ1) is 11.4. The number of nitrogens with zero attached hydrogens (tertiary/aromatic N) is 1. The van der Waals surface area contributed by atoms with Crippen molar-refractivity contribution in [2.45, 2.75) is 13.5 Å². The third-order valence-electron chi connectivity index (χ3n) is 3.48. The van der Waals surface area contributed by atoms with Crippen LogP contribution in [-0.2, 0) is 11.3 Å². The normalized spacial score (nSPS) is 10.2. The van der Waals surface area contributed by atoms with Crippen LogP contribution in [0.15, 0.2) is 29.1 Å². The summed E-state index contributed by atoms with van der Waals surface area (Å²) in [6.45, 7) is 2.99. The topological polar surface area (TPSA) is 102 Å². The lowest BCUT2D eigenvalue weighted by atomic mass is 10.1. The number of amides is 1. The molecule has 0 aliphatic heterocycles. The Bertz CT molecular complexity index is 863. The number of carbonyl (C=O) groups is 1. The molecule has 0 saturated carbocycles. The molecule has 0 aliphatic rings. The van der Waals surface area contributed by atoms with Crippen molar-refractivity contribution in [2.24, 2.45) is 5.73 Å². The van der Waals surface area contributed by atoms with Gasteiger partial charge in [-0.2, -0.15) is 0 Å². The molecule has 0 fully saturated rings. The van der Waals surface area contributed by atoms with E-state index in [1.807, 2.05) is 25.1 Å². The molecule has 1 amide bonds. The van der Waals surface area contributed by atoms with Gasteiger partial charge in [0.15, 0.2) is 4.77 Å². The summed E-state index contributed by atoms with van der Waals surface area (Å²) in [5.41, 5.74) is 7.30. The Morgan fingerprint density at radius 1 is 1.40 bits per heavy atom. The van der Waals surface area contributed by atoms with E-state index in [2.05, 4.69) is 10.3 Å². The SMILES string of the molecule is COc1ccc(C)cc1-c1cc(=O)[nH]c(=S)n1CCNCC(N)=O.Cl. The highest BCUT2D eigenvalue weighted by molar-refractivity contribution is 7.71. The molecule has 1 aromatic heterocycles. The van der Waals surface area contributed by atoms with Crippen LogP contribution in [0.1, 0.15) is 5.56 Å². The van der Waals surface area contributed by atoms with Crippen molar-refractivity contribution in [1.82, 2.24) is 14.9 Å². The van der Waals surface area contributed by atoms with E-state index in [1.165, 1.54) is 6.07 Å². The van der Waals surface area contributed by atoms with Gasteiger partial charge in [0.1, 0.15) is 5.75 Å². The lowest BCUT2D eigenvalue weighted by Gasteiger charge is -2.16. The Balaban J connectivity index is 0.00000312. The van der Waals surface area contributed by atoms with Crippen molar-refractivity contribution in [3.8, 4) is 17.0 Å². The van der Waals surface area contributed by atoms with Gasteiger partial charge in [0.25, 0.3) is 5.56 Å². The Kier molecular flexibility index (Phi) is 7.82.